The maximum absolute atomic E-state index is 11.4. The minimum Gasteiger partial charge on any atom is -0.367 e. The van der Waals surface area contributed by atoms with Gasteiger partial charge in [0.05, 0.1) is 12.4 Å². The minimum absolute atomic E-state index is 0.473. The van der Waals surface area contributed by atoms with Crippen molar-refractivity contribution in [1.82, 2.24) is 0 Å². The molecule has 4 heteroatoms. The van der Waals surface area contributed by atoms with Crippen molar-refractivity contribution in [2.75, 3.05) is 0 Å². The van der Waals surface area contributed by atoms with Gasteiger partial charge >= 0.3 is 0 Å². The third-order valence-corrected chi connectivity index (χ3v) is 1.38. The highest BCUT2D eigenvalue weighted by Crippen LogP contribution is 2.01. The highest BCUT2D eigenvalue weighted by Gasteiger charge is 2.08. The lowest BCUT2D eigenvalue weighted by Crippen LogP contribution is -2.34. The van der Waals surface area contributed by atoms with Gasteiger partial charge in [-0.05, 0) is 19.3 Å². The van der Waals surface area contributed by atoms with Crippen LogP contribution in [0.25, 0.3) is 0 Å². The van der Waals surface area contributed by atoms with E-state index >= 15 is 0 Å². The molecule has 0 heterocycles. The number of hydrogen-bond donors (Lipinski definition) is 3. The maximum atomic E-state index is 11.4. The Morgan fingerprint density at radius 2 is 2.09 bits per heavy atom. The second-order valence-electron chi connectivity index (χ2n) is 2.37. The van der Waals surface area contributed by atoms with Crippen molar-refractivity contribution < 1.29 is 14.6 Å². The minimum atomic E-state index is -1.47. The summed E-state index contributed by atoms with van der Waals surface area (Å²) >= 11 is 0. The summed E-state index contributed by atoms with van der Waals surface area (Å²) in [5.74, 6) is 0. The van der Waals surface area contributed by atoms with E-state index in [9.17, 15) is 4.39 Å². The molecule has 0 aromatic carbocycles. The van der Waals surface area contributed by atoms with Crippen LogP contribution >= 0.6 is 0 Å². The Kier molecular flexibility index (Phi) is 6.02. The molecule has 0 fully saturated rings. The number of allylic oxidation sites excluding steroid dienone is 1. The zero-order chi connectivity index (χ0) is 8.69. The molecule has 1 atom stereocenters. The monoisotopic (exact) mass is 163 g/mol. The Hall–Kier alpha value is -0.450. The molecule has 0 spiro atoms. The first-order valence-electron chi connectivity index (χ1n) is 3.55. The number of aliphatic hydroxyl groups is 2. The van der Waals surface area contributed by atoms with E-state index in [0.29, 0.717) is 25.6 Å². The summed E-state index contributed by atoms with van der Waals surface area (Å²) in [6.07, 6.45) is 2.11. The normalized spacial score (nSPS) is 14.6. The van der Waals surface area contributed by atoms with Gasteiger partial charge in [-0.3, -0.25) is 0 Å². The van der Waals surface area contributed by atoms with Crippen LogP contribution in [-0.2, 0) is 0 Å². The average Bonchev–Trinajstić information content (AvgIpc) is 1.97. The molecule has 0 aliphatic rings. The van der Waals surface area contributed by atoms with Gasteiger partial charge < -0.3 is 15.9 Å². The Labute approximate surface area is 65.3 Å². The second kappa shape index (κ2) is 6.27. The predicted molar refractivity (Wildman–Crippen MR) is 40.3 cm³/mol. The highest BCUT2D eigenvalue weighted by molar-refractivity contribution is 4.73. The zero-order valence-electron chi connectivity index (χ0n) is 6.28. The van der Waals surface area contributed by atoms with Crippen molar-refractivity contribution in [3.63, 3.8) is 0 Å². The molecule has 0 amide bonds. The molecule has 0 unspecified atom stereocenters. The fourth-order valence-electron chi connectivity index (χ4n) is 0.683. The van der Waals surface area contributed by atoms with Crippen LogP contribution in [0.15, 0.2) is 12.4 Å². The van der Waals surface area contributed by atoms with Gasteiger partial charge in [-0.1, -0.05) is 6.08 Å². The summed E-state index contributed by atoms with van der Waals surface area (Å²) < 4.78 is 11.4. The quantitative estimate of drug-likeness (QED) is 0.403. The summed E-state index contributed by atoms with van der Waals surface area (Å²) in [4.78, 5) is 0. The van der Waals surface area contributed by atoms with Gasteiger partial charge in [0.15, 0.2) is 6.29 Å². The van der Waals surface area contributed by atoms with E-state index in [0.717, 1.165) is 0 Å². The van der Waals surface area contributed by atoms with Gasteiger partial charge in [0.1, 0.15) is 0 Å². The molecule has 3 nitrogen and oxygen atoms in total. The van der Waals surface area contributed by atoms with Gasteiger partial charge in [-0.25, -0.2) is 4.39 Å². The van der Waals surface area contributed by atoms with Crippen LogP contribution in [-0.4, -0.2) is 22.5 Å². The number of hydrogen-bond acceptors (Lipinski definition) is 3. The van der Waals surface area contributed by atoms with Gasteiger partial charge in [0, 0.05) is 0 Å². The van der Waals surface area contributed by atoms with Crippen LogP contribution in [0, 0.1) is 0 Å². The van der Waals surface area contributed by atoms with Crippen LogP contribution in [0.3, 0.4) is 0 Å². The molecule has 66 valence electrons. The summed E-state index contributed by atoms with van der Waals surface area (Å²) in [6.45, 7) is 0. The molecule has 0 aromatic heterocycles. The molecular formula is C7H14FNO2. The smallest absolute Gasteiger partial charge is 0.166 e. The van der Waals surface area contributed by atoms with Crippen molar-refractivity contribution in [2.24, 2.45) is 5.73 Å². The van der Waals surface area contributed by atoms with E-state index in [-0.39, 0.29) is 0 Å². The fourth-order valence-corrected chi connectivity index (χ4v) is 0.683. The summed E-state index contributed by atoms with van der Waals surface area (Å²) in [5.41, 5.74) is 5.28. The van der Waals surface area contributed by atoms with E-state index in [4.69, 9.17) is 15.9 Å². The lowest BCUT2D eigenvalue weighted by atomic mass is 10.1. The molecule has 0 rings (SSSR count). The molecular weight excluding hydrogens is 149 g/mol. The van der Waals surface area contributed by atoms with E-state index in [1.54, 1.807) is 0 Å². The number of aliphatic hydroxyl groups excluding tert-OH is 1. The van der Waals surface area contributed by atoms with Gasteiger partial charge in [-0.15, -0.1) is 0 Å². The molecule has 0 aliphatic heterocycles. The van der Waals surface area contributed by atoms with Crippen molar-refractivity contribution in [2.45, 2.75) is 31.6 Å². The van der Waals surface area contributed by atoms with Crippen LogP contribution in [0.5, 0.6) is 0 Å². The van der Waals surface area contributed by atoms with Crippen molar-refractivity contribution in [1.29, 1.82) is 0 Å². The Morgan fingerprint density at radius 3 is 2.55 bits per heavy atom. The first kappa shape index (κ1) is 10.6. The van der Waals surface area contributed by atoms with Crippen LogP contribution in [0.1, 0.15) is 19.3 Å². The molecule has 0 aliphatic carbocycles. The van der Waals surface area contributed by atoms with Gasteiger partial charge in [0.25, 0.3) is 0 Å². The highest BCUT2D eigenvalue weighted by atomic mass is 19.1. The number of unbranched alkanes of at least 4 members (excludes halogenated alkanes) is 1. The van der Waals surface area contributed by atoms with Crippen LogP contribution in [0.2, 0.25) is 0 Å². The largest absolute Gasteiger partial charge is 0.367 e. The predicted octanol–water partition coefficient (Wildman–Crippen LogP) is 0.278. The molecule has 0 saturated carbocycles. The molecule has 4 N–H and O–H groups in total. The molecule has 0 radical (unpaired) electrons. The van der Waals surface area contributed by atoms with Crippen LogP contribution in [0.4, 0.5) is 4.39 Å². The number of nitrogens with two attached hydrogens (primary N) is 1. The van der Waals surface area contributed by atoms with Crippen LogP contribution < -0.4 is 5.73 Å². The number of halogens is 1. The zero-order valence-corrected chi connectivity index (χ0v) is 6.28. The van der Waals surface area contributed by atoms with Crippen molar-refractivity contribution >= 4 is 0 Å². The molecule has 0 saturated heterocycles. The standard InChI is InChI=1S/C7H14FNO2/c8-5-3-1-2-4-6(9)7(10)11/h3,5-7,10-11H,1-2,4,9H2/b5-3-/t6-/m0/s1. The van der Waals surface area contributed by atoms with Gasteiger partial charge in [0.2, 0.25) is 0 Å². The average molecular weight is 163 g/mol. The maximum Gasteiger partial charge on any atom is 0.166 e. The first-order chi connectivity index (χ1) is 5.18. The molecule has 0 aromatic rings. The summed E-state index contributed by atoms with van der Waals surface area (Å²) in [5, 5.41) is 17.0. The molecule has 11 heavy (non-hydrogen) atoms. The SMILES string of the molecule is N[C@@H](CCC/C=C\F)C(O)O. The van der Waals surface area contributed by atoms with Gasteiger partial charge in [-0.2, -0.15) is 0 Å². The Morgan fingerprint density at radius 1 is 1.45 bits per heavy atom. The van der Waals surface area contributed by atoms with E-state index in [2.05, 4.69) is 0 Å². The van der Waals surface area contributed by atoms with E-state index < -0.39 is 12.3 Å². The lowest BCUT2D eigenvalue weighted by Gasteiger charge is -2.11. The Bertz CT molecular complexity index is 117. The van der Waals surface area contributed by atoms with E-state index in [1.807, 2.05) is 0 Å². The third kappa shape index (κ3) is 5.97. The third-order valence-electron chi connectivity index (χ3n) is 1.38. The Balaban J connectivity index is 3.24. The number of rotatable bonds is 5. The van der Waals surface area contributed by atoms with E-state index in [1.165, 1.54) is 6.08 Å². The van der Waals surface area contributed by atoms with Crippen molar-refractivity contribution in [3.8, 4) is 0 Å². The second-order valence-corrected chi connectivity index (χ2v) is 2.37. The summed E-state index contributed by atoms with van der Waals surface area (Å²) in [7, 11) is 0. The lowest BCUT2D eigenvalue weighted by molar-refractivity contribution is -0.0598. The summed E-state index contributed by atoms with van der Waals surface area (Å²) in [6, 6.07) is -0.622. The van der Waals surface area contributed by atoms with Crippen molar-refractivity contribution in [3.05, 3.63) is 12.4 Å². The topological polar surface area (TPSA) is 66.5 Å². The fraction of sp³-hybridized carbons (Fsp3) is 0.714. The first-order valence-corrected chi connectivity index (χ1v) is 3.55. The molecule has 0 bridgehead atoms.